The summed E-state index contributed by atoms with van der Waals surface area (Å²) in [5.41, 5.74) is 2.92. The molecule has 0 unspecified atom stereocenters. The van der Waals surface area contributed by atoms with Crippen molar-refractivity contribution in [2.24, 2.45) is 5.92 Å². The Morgan fingerprint density at radius 2 is 1.69 bits per heavy atom. The Bertz CT molecular complexity index is 609. The summed E-state index contributed by atoms with van der Waals surface area (Å²) in [4.78, 5) is 14.9. The van der Waals surface area contributed by atoms with Crippen LogP contribution in [0.2, 0.25) is 0 Å². The topological polar surface area (TPSA) is 47.3 Å². The lowest BCUT2D eigenvalue weighted by Gasteiger charge is -2.36. The number of rotatable bonds is 4. The summed E-state index contributed by atoms with van der Waals surface area (Å²) in [6, 6.07) is 10.5. The lowest BCUT2D eigenvalue weighted by Crippen LogP contribution is -2.46. The van der Waals surface area contributed by atoms with Crippen LogP contribution in [-0.4, -0.2) is 43.4 Å². The molecular weight excluding hydrogens is 358 g/mol. The number of carbonyl (C=O) groups excluding carboxylic acids is 1. The van der Waals surface area contributed by atoms with E-state index < -0.39 is 0 Å². The number of nitriles is 1. The second-order valence-electron chi connectivity index (χ2n) is 8.18. The average Bonchev–Trinajstić information content (AvgIpc) is 2.75. The van der Waals surface area contributed by atoms with Crippen molar-refractivity contribution in [3.8, 4) is 6.07 Å². The summed E-state index contributed by atoms with van der Waals surface area (Å²) < 4.78 is 0. The monoisotopic (exact) mass is 399 g/mol. The maximum atomic E-state index is 9.82. The van der Waals surface area contributed by atoms with Gasteiger partial charge in [-0.1, -0.05) is 71.1 Å². The second kappa shape index (κ2) is 15.0. The summed E-state index contributed by atoms with van der Waals surface area (Å²) in [5, 5.41) is 7.77. The minimum atomic E-state index is -0.0718. The highest BCUT2D eigenvalue weighted by Crippen LogP contribution is 2.22. The molecule has 0 radical (unpaired) electrons. The fourth-order valence-corrected chi connectivity index (χ4v) is 3.84. The first kappa shape index (κ1) is 25.2. The van der Waals surface area contributed by atoms with Crippen LogP contribution in [0.1, 0.15) is 71.8 Å². The first-order valence-corrected chi connectivity index (χ1v) is 11.4. The summed E-state index contributed by atoms with van der Waals surface area (Å²) in [7, 11) is 0. The molecule has 0 aromatic heterocycles. The number of anilines is 1. The number of piperazine rings is 1. The number of ketones is 1. The molecule has 3 rings (SSSR count). The molecule has 29 heavy (non-hydrogen) atoms. The van der Waals surface area contributed by atoms with Gasteiger partial charge in [-0.2, -0.15) is 5.26 Å². The zero-order chi connectivity index (χ0) is 21.5. The van der Waals surface area contributed by atoms with E-state index in [-0.39, 0.29) is 12.2 Å². The molecule has 0 N–H and O–H groups in total. The maximum Gasteiger partial charge on any atom is 0.143 e. The van der Waals surface area contributed by atoms with E-state index in [2.05, 4.69) is 54.8 Å². The molecule has 1 aliphatic carbocycles. The number of hydrogen-bond donors (Lipinski definition) is 0. The Hall–Kier alpha value is -1.86. The largest absolute Gasteiger partial charge is 0.369 e. The van der Waals surface area contributed by atoms with Crippen LogP contribution in [-0.2, 0) is 11.2 Å². The van der Waals surface area contributed by atoms with Crippen LogP contribution in [0.25, 0.3) is 0 Å². The third kappa shape index (κ3) is 10.5. The molecule has 0 atom stereocenters. The van der Waals surface area contributed by atoms with Gasteiger partial charge in [0.2, 0.25) is 0 Å². The summed E-state index contributed by atoms with van der Waals surface area (Å²) in [5.74, 6) is 0.964. The number of likely N-dealkylation sites (N-methyl/N-ethyl adjacent to an activating group) is 1. The van der Waals surface area contributed by atoms with Gasteiger partial charge in [-0.3, -0.25) is 4.79 Å². The fourth-order valence-electron chi connectivity index (χ4n) is 3.84. The van der Waals surface area contributed by atoms with Crippen molar-refractivity contribution in [1.29, 1.82) is 5.26 Å². The smallest absolute Gasteiger partial charge is 0.143 e. The van der Waals surface area contributed by atoms with E-state index >= 15 is 0 Å². The van der Waals surface area contributed by atoms with Gasteiger partial charge in [0.05, 0.1) is 12.5 Å². The van der Waals surface area contributed by atoms with Crippen LogP contribution in [0.15, 0.2) is 24.3 Å². The van der Waals surface area contributed by atoms with E-state index in [9.17, 15) is 4.79 Å². The third-order valence-corrected chi connectivity index (χ3v) is 5.75. The van der Waals surface area contributed by atoms with Crippen molar-refractivity contribution >= 4 is 11.5 Å². The van der Waals surface area contributed by atoms with Gasteiger partial charge in [0, 0.05) is 31.9 Å². The minimum absolute atomic E-state index is 0.0417. The number of hydrogen-bond acceptors (Lipinski definition) is 4. The van der Waals surface area contributed by atoms with Gasteiger partial charge in [-0.25, -0.2) is 0 Å². The van der Waals surface area contributed by atoms with E-state index in [0.29, 0.717) is 0 Å². The summed E-state index contributed by atoms with van der Waals surface area (Å²) >= 11 is 0. The zero-order valence-electron chi connectivity index (χ0n) is 19.1. The average molecular weight is 400 g/mol. The van der Waals surface area contributed by atoms with Gasteiger partial charge in [0.25, 0.3) is 0 Å². The molecular formula is C25H41N3O. The van der Waals surface area contributed by atoms with Crippen molar-refractivity contribution in [3.63, 3.8) is 0 Å². The number of para-hydroxylation sites is 1. The molecule has 4 nitrogen and oxygen atoms in total. The molecule has 1 saturated carbocycles. The van der Waals surface area contributed by atoms with E-state index in [1.165, 1.54) is 83.0 Å². The first-order chi connectivity index (χ1) is 14.0. The molecule has 1 aromatic rings. The molecule has 0 bridgehead atoms. The predicted molar refractivity (Wildman–Crippen MR) is 123 cm³/mol. The number of nitrogens with zero attached hydrogens (tertiary/aromatic N) is 3. The highest BCUT2D eigenvalue weighted by Gasteiger charge is 2.17. The molecule has 0 spiro atoms. The second-order valence-corrected chi connectivity index (χ2v) is 8.18. The minimum Gasteiger partial charge on any atom is -0.369 e. The van der Waals surface area contributed by atoms with Crippen LogP contribution in [0.4, 0.5) is 5.69 Å². The fraction of sp³-hybridized carbons (Fsp3) is 0.680. The Labute approximate surface area is 178 Å². The van der Waals surface area contributed by atoms with Gasteiger partial charge >= 0.3 is 0 Å². The van der Waals surface area contributed by atoms with Crippen LogP contribution >= 0.6 is 0 Å². The van der Waals surface area contributed by atoms with Gasteiger partial charge in [-0.05, 0) is 37.4 Å². The van der Waals surface area contributed by atoms with Crippen molar-refractivity contribution in [1.82, 2.24) is 4.90 Å². The van der Waals surface area contributed by atoms with E-state index in [1.807, 2.05) is 0 Å². The highest BCUT2D eigenvalue weighted by molar-refractivity contribution is 5.77. The number of Topliss-reactive ketones (excluding diaryl/α,β-unsaturated/α-hetero) is 1. The molecule has 2 fully saturated rings. The van der Waals surface area contributed by atoms with E-state index in [4.69, 9.17) is 5.26 Å². The normalized spacial score (nSPS) is 17.3. The maximum absolute atomic E-state index is 9.82. The molecule has 4 heteroatoms. The van der Waals surface area contributed by atoms with Gasteiger partial charge in [-0.15, -0.1) is 0 Å². The summed E-state index contributed by atoms with van der Waals surface area (Å²) in [6.07, 6.45) is 8.61. The van der Waals surface area contributed by atoms with Crippen LogP contribution in [0.3, 0.4) is 0 Å². The Kier molecular flexibility index (Phi) is 13.1. The van der Waals surface area contributed by atoms with Crippen molar-refractivity contribution in [2.45, 2.75) is 72.6 Å². The zero-order valence-corrected chi connectivity index (χ0v) is 19.1. The molecule has 1 heterocycles. The van der Waals surface area contributed by atoms with Crippen molar-refractivity contribution < 1.29 is 4.79 Å². The summed E-state index contributed by atoms with van der Waals surface area (Å²) in [6.45, 7) is 14.2. The third-order valence-electron chi connectivity index (χ3n) is 5.75. The van der Waals surface area contributed by atoms with Crippen LogP contribution < -0.4 is 4.90 Å². The lowest BCUT2D eigenvalue weighted by atomic mass is 9.91. The molecule has 0 amide bonds. The number of aryl methyl sites for hydroxylation is 1. The SMILES string of the molecule is CC(=O)CC#N.CC1CCCCC1.CCc1ccccc1N1CCN(CC)CC1. The first-order valence-electron chi connectivity index (χ1n) is 11.4. The molecule has 1 aliphatic heterocycles. The highest BCUT2D eigenvalue weighted by atomic mass is 16.1. The number of carbonyl (C=O) groups is 1. The van der Waals surface area contributed by atoms with Crippen molar-refractivity contribution in [3.05, 3.63) is 29.8 Å². The quantitative estimate of drug-likeness (QED) is 0.674. The Balaban J connectivity index is 0.000000267. The molecule has 162 valence electrons. The lowest BCUT2D eigenvalue weighted by molar-refractivity contribution is -0.116. The predicted octanol–water partition coefficient (Wildman–Crippen LogP) is 5.47. The van der Waals surface area contributed by atoms with Crippen LogP contribution in [0, 0.1) is 17.2 Å². The van der Waals surface area contributed by atoms with E-state index in [0.717, 1.165) is 12.3 Å². The van der Waals surface area contributed by atoms with Gasteiger partial charge in [0.1, 0.15) is 5.78 Å². The Morgan fingerprint density at radius 3 is 2.10 bits per heavy atom. The number of benzene rings is 1. The molecule has 1 saturated heterocycles. The standard InChI is InChI=1S/C14H22N2.C7H14.C4H5NO/c1-3-13-7-5-6-8-14(13)16-11-9-15(4-2)10-12-16;1-7-5-3-2-4-6-7;1-4(6)2-3-5/h5-8H,3-4,9-12H2,1-2H3;7H,2-6H2,1H3;2H2,1H3. The molecule has 2 aliphatic rings. The molecule has 1 aromatic carbocycles. The Morgan fingerprint density at radius 1 is 1.07 bits per heavy atom. The van der Waals surface area contributed by atoms with Crippen molar-refractivity contribution in [2.75, 3.05) is 37.6 Å². The van der Waals surface area contributed by atoms with Gasteiger partial charge in [0.15, 0.2) is 0 Å². The van der Waals surface area contributed by atoms with Crippen LogP contribution in [0.5, 0.6) is 0 Å². The van der Waals surface area contributed by atoms with E-state index in [1.54, 1.807) is 6.07 Å². The van der Waals surface area contributed by atoms with Gasteiger partial charge < -0.3 is 9.80 Å².